The highest BCUT2D eigenvalue weighted by atomic mass is 16.5. The number of anilines is 1. The number of nitrogen functional groups attached to an aromatic ring is 1. The van der Waals surface area contributed by atoms with Gasteiger partial charge in [-0.25, -0.2) is 0 Å². The van der Waals surface area contributed by atoms with Gasteiger partial charge in [0.1, 0.15) is 12.1 Å². The Bertz CT molecular complexity index is 543. The molecule has 1 aromatic carbocycles. The Morgan fingerprint density at radius 1 is 1.16 bits per heavy atom. The third-order valence-corrected chi connectivity index (χ3v) is 2.41. The molecule has 0 amide bonds. The summed E-state index contributed by atoms with van der Waals surface area (Å²) in [5.41, 5.74) is 6.92. The van der Waals surface area contributed by atoms with E-state index in [2.05, 4.69) is 9.97 Å². The van der Waals surface area contributed by atoms with Gasteiger partial charge in [-0.05, 0) is 24.6 Å². The van der Waals surface area contributed by atoms with Gasteiger partial charge in [0.25, 0.3) is 0 Å². The Balaban J connectivity index is 2.20. The van der Waals surface area contributed by atoms with E-state index in [1.54, 1.807) is 24.3 Å². The van der Waals surface area contributed by atoms with Crippen LogP contribution in [0.3, 0.4) is 0 Å². The molecule has 100 valence electrons. The van der Waals surface area contributed by atoms with Gasteiger partial charge < -0.3 is 20.3 Å². The minimum atomic E-state index is -0.00951. The molecule has 1 aromatic heterocycles. The molecule has 3 N–H and O–H groups in total. The zero-order chi connectivity index (χ0) is 13.7. The first-order valence-corrected chi connectivity index (χ1v) is 5.85. The summed E-state index contributed by atoms with van der Waals surface area (Å²) in [7, 11) is 0. The number of rotatable bonds is 5. The lowest BCUT2D eigenvalue weighted by atomic mass is 10.2. The van der Waals surface area contributed by atoms with Gasteiger partial charge in [-0.15, -0.1) is 0 Å². The molecule has 0 atom stereocenters. The lowest BCUT2D eigenvalue weighted by Crippen LogP contribution is -2.02. The van der Waals surface area contributed by atoms with Crippen LogP contribution in [-0.4, -0.2) is 21.7 Å². The third-order valence-electron chi connectivity index (χ3n) is 2.41. The Hall–Kier alpha value is -2.34. The van der Waals surface area contributed by atoms with Gasteiger partial charge in [-0.3, -0.25) is 0 Å². The SMILES string of the molecule is CCOc1ncnc(Oc2ccc(CO)cc2)c1N. The lowest BCUT2D eigenvalue weighted by Gasteiger charge is -2.10. The van der Waals surface area contributed by atoms with E-state index in [9.17, 15) is 0 Å². The number of hydrogen-bond acceptors (Lipinski definition) is 6. The fraction of sp³-hybridized carbons (Fsp3) is 0.231. The maximum Gasteiger partial charge on any atom is 0.249 e. The van der Waals surface area contributed by atoms with Crippen molar-refractivity contribution >= 4 is 5.69 Å². The lowest BCUT2D eigenvalue weighted by molar-refractivity contribution is 0.281. The first-order chi connectivity index (χ1) is 9.24. The summed E-state index contributed by atoms with van der Waals surface area (Å²) < 4.78 is 10.8. The van der Waals surface area contributed by atoms with Crippen LogP contribution in [-0.2, 0) is 6.61 Å². The second kappa shape index (κ2) is 6.01. The molecule has 2 aromatic rings. The van der Waals surface area contributed by atoms with E-state index < -0.39 is 0 Å². The van der Waals surface area contributed by atoms with Crippen LogP contribution in [0, 0.1) is 0 Å². The second-order valence-corrected chi connectivity index (χ2v) is 3.73. The molecule has 0 aliphatic carbocycles. The highest BCUT2D eigenvalue weighted by Gasteiger charge is 2.10. The van der Waals surface area contributed by atoms with Gasteiger partial charge >= 0.3 is 0 Å². The van der Waals surface area contributed by atoms with E-state index in [4.69, 9.17) is 20.3 Å². The van der Waals surface area contributed by atoms with Crippen LogP contribution in [0.4, 0.5) is 5.69 Å². The Morgan fingerprint density at radius 2 is 1.84 bits per heavy atom. The molecule has 0 bridgehead atoms. The molecule has 0 fully saturated rings. The van der Waals surface area contributed by atoms with Crippen molar-refractivity contribution in [2.45, 2.75) is 13.5 Å². The van der Waals surface area contributed by atoms with Crippen molar-refractivity contribution in [2.75, 3.05) is 12.3 Å². The van der Waals surface area contributed by atoms with E-state index in [0.717, 1.165) is 5.56 Å². The number of aliphatic hydroxyl groups excluding tert-OH is 1. The third kappa shape index (κ3) is 3.11. The van der Waals surface area contributed by atoms with E-state index in [1.165, 1.54) is 6.33 Å². The first kappa shape index (κ1) is 13.1. The summed E-state index contributed by atoms with van der Waals surface area (Å²) in [5, 5.41) is 8.96. The monoisotopic (exact) mass is 261 g/mol. The molecule has 19 heavy (non-hydrogen) atoms. The van der Waals surface area contributed by atoms with Gasteiger partial charge in [0, 0.05) is 0 Å². The predicted molar refractivity (Wildman–Crippen MR) is 70.1 cm³/mol. The quantitative estimate of drug-likeness (QED) is 0.852. The minimum Gasteiger partial charge on any atom is -0.476 e. The van der Waals surface area contributed by atoms with Crippen molar-refractivity contribution in [3.05, 3.63) is 36.2 Å². The number of aliphatic hydroxyl groups is 1. The molecule has 0 aliphatic rings. The zero-order valence-corrected chi connectivity index (χ0v) is 10.5. The minimum absolute atomic E-state index is 0.00951. The molecule has 0 radical (unpaired) electrons. The van der Waals surface area contributed by atoms with E-state index >= 15 is 0 Å². The van der Waals surface area contributed by atoms with Gasteiger partial charge in [0.2, 0.25) is 11.8 Å². The first-order valence-electron chi connectivity index (χ1n) is 5.85. The smallest absolute Gasteiger partial charge is 0.249 e. The average molecular weight is 261 g/mol. The van der Waals surface area contributed by atoms with Crippen molar-refractivity contribution in [1.29, 1.82) is 0 Å². The summed E-state index contributed by atoms with van der Waals surface area (Å²) in [6, 6.07) is 6.98. The number of aromatic nitrogens is 2. The van der Waals surface area contributed by atoms with Crippen LogP contribution >= 0.6 is 0 Å². The number of ether oxygens (including phenoxy) is 2. The fourth-order valence-electron chi connectivity index (χ4n) is 1.47. The summed E-state index contributed by atoms with van der Waals surface area (Å²) in [5.74, 6) is 1.12. The molecule has 6 heteroatoms. The second-order valence-electron chi connectivity index (χ2n) is 3.73. The average Bonchev–Trinajstić information content (AvgIpc) is 2.44. The topological polar surface area (TPSA) is 90.5 Å². The van der Waals surface area contributed by atoms with Crippen LogP contribution in [0.15, 0.2) is 30.6 Å². The number of benzene rings is 1. The van der Waals surface area contributed by atoms with Crippen LogP contribution in [0.1, 0.15) is 12.5 Å². The summed E-state index contributed by atoms with van der Waals surface area (Å²) in [4.78, 5) is 7.90. The Morgan fingerprint density at radius 3 is 2.47 bits per heavy atom. The van der Waals surface area contributed by atoms with Crippen molar-refractivity contribution in [2.24, 2.45) is 0 Å². The van der Waals surface area contributed by atoms with Crippen LogP contribution in [0.2, 0.25) is 0 Å². The predicted octanol–water partition coefficient (Wildman–Crippen LogP) is 1.74. The van der Waals surface area contributed by atoms with Gasteiger partial charge in [0.05, 0.1) is 13.2 Å². The molecule has 0 unspecified atom stereocenters. The molecule has 1 heterocycles. The number of nitrogens with zero attached hydrogens (tertiary/aromatic N) is 2. The largest absolute Gasteiger partial charge is 0.476 e. The summed E-state index contributed by atoms with van der Waals surface area (Å²) in [6.45, 7) is 2.30. The number of hydrogen-bond donors (Lipinski definition) is 2. The molecule has 0 spiro atoms. The fourth-order valence-corrected chi connectivity index (χ4v) is 1.47. The Labute approximate surface area is 110 Å². The summed E-state index contributed by atoms with van der Waals surface area (Å²) >= 11 is 0. The van der Waals surface area contributed by atoms with E-state index in [0.29, 0.717) is 18.2 Å². The highest BCUT2D eigenvalue weighted by molar-refractivity contribution is 5.56. The van der Waals surface area contributed by atoms with Crippen LogP contribution < -0.4 is 15.2 Å². The van der Waals surface area contributed by atoms with Gasteiger partial charge in [-0.1, -0.05) is 12.1 Å². The molecule has 0 aliphatic heterocycles. The van der Waals surface area contributed by atoms with E-state index in [1.807, 2.05) is 6.92 Å². The maximum absolute atomic E-state index is 8.96. The zero-order valence-electron chi connectivity index (χ0n) is 10.5. The maximum atomic E-state index is 8.96. The molecule has 2 rings (SSSR count). The van der Waals surface area contributed by atoms with E-state index in [-0.39, 0.29) is 18.2 Å². The molecular formula is C13H15N3O3. The van der Waals surface area contributed by atoms with Crippen molar-refractivity contribution < 1.29 is 14.6 Å². The normalized spacial score (nSPS) is 10.2. The van der Waals surface area contributed by atoms with Crippen LogP contribution in [0.5, 0.6) is 17.5 Å². The molecule has 0 saturated carbocycles. The van der Waals surface area contributed by atoms with Gasteiger partial charge in [-0.2, -0.15) is 9.97 Å². The molecular weight excluding hydrogens is 246 g/mol. The Kier molecular flexibility index (Phi) is 4.15. The molecule has 6 nitrogen and oxygen atoms in total. The highest BCUT2D eigenvalue weighted by Crippen LogP contribution is 2.30. The standard InChI is InChI=1S/C13H15N3O3/c1-2-18-12-11(14)13(16-8-15-12)19-10-5-3-9(7-17)4-6-10/h3-6,8,17H,2,7,14H2,1H3. The van der Waals surface area contributed by atoms with Crippen molar-refractivity contribution in [3.63, 3.8) is 0 Å². The summed E-state index contributed by atoms with van der Waals surface area (Å²) in [6.07, 6.45) is 1.33. The molecule has 0 saturated heterocycles. The number of nitrogens with two attached hydrogens (primary N) is 1. The van der Waals surface area contributed by atoms with Crippen LogP contribution in [0.25, 0.3) is 0 Å². The van der Waals surface area contributed by atoms with Gasteiger partial charge in [0.15, 0.2) is 5.69 Å². The van der Waals surface area contributed by atoms with Crippen molar-refractivity contribution in [3.8, 4) is 17.5 Å². The van der Waals surface area contributed by atoms with Crippen molar-refractivity contribution in [1.82, 2.24) is 9.97 Å².